The first-order valence-electron chi connectivity index (χ1n) is 26.8. The van der Waals surface area contributed by atoms with Crippen molar-refractivity contribution in [3.8, 4) is 5.69 Å². The molecule has 77 heavy (non-hydrogen) atoms. The smallest absolute Gasteiger partial charge is 0.184 e. The Labute approximate surface area is 453 Å². The molecule has 12 aromatic carbocycles. The summed E-state index contributed by atoms with van der Waals surface area (Å²) in [6, 6.07) is 121. The molecule has 5 heteroatoms. The van der Waals surface area contributed by atoms with Crippen LogP contribution in [0.2, 0.25) is 0 Å². The maximum absolute atomic E-state index is 3.20. The Balaban J connectivity index is 1.06. The molecule has 2 aliphatic heterocycles. The summed E-state index contributed by atoms with van der Waals surface area (Å²) < 4.78 is 2.59. The number of nitrogens with zero attached hydrogens (tertiary/aromatic N) is 2. The van der Waals surface area contributed by atoms with Gasteiger partial charge in [0.15, 0.2) is 24.2 Å². The van der Waals surface area contributed by atoms with E-state index in [1.54, 1.807) is 0 Å². The summed E-state index contributed by atoms with van der Waals surface area (Å²) in [6.07, 6.45) is 0. The van der Waals surface area contributed by atoms with Gasteiger partial charge in [0.1, 0.15) is 0 Å². The third-order valence-corrected chi connectivity index (χ3v) is 31.5. The Morgan fingerprint density at radius 2 is 0.662 bits per heavy atom. The number of hydrogen-bond acceptors (Lipinski definition) is 1. The van der Waals surface area contributed by atoms with Crippen molar-refractivity contribution in [3.05, 3.63) is 315 Å². The molecule has 1 aromatic heterocycles. The predicted octanol–water partition coefficient (Wildman–Crippen LogP) is 9.01. The van der Waals surface area contributed by atoms with E-state index >= 15 is 0 Å². The van der Waals surface area contributed by atoms with E-state index in [1.165, 1.54) is 101 Å². The number of para-hydroxylation sites is 3. The Morgan fingerprint density at radius 1 is 0.260 bits per heavy atom. The van der Waals surface area contributed by atoms with Crippen LogP contribution in [-0.2, 0) is 0 Å². The van der Waals surface area contributed by atoms with Crippen LogP contribution in [0.25, 0.3) is 27.5 Å². The quantitative estimate of drug-likeness (QED) is 0.104. The maximum atomic E-state index is 2.68. The third-order valence-electron chi connectivity index (χ3n) is 17.1. The minimum absolute atomic E-state index is 1.16. The first-order chi connectivity index (χ1) is 38.2. The molecular weight excluding hydrogens is 977 g/mol. The molecule has 13 aromatic rings. The lowest BCUT2D eigenvalue weighted by Crippen LogP contribution is -2.82. The maximum Gasteiger partial charge on any atom is 0.184 e. The number of aromatic nitrogens is 1. The number of fused-ring (bicyclic) bond motifs is 7. The van der Waals surface area contributed by atoms with E-state index in [1.807, 2.05) is 0 Å². The summed E-state index contributed by atoms with van der Waals surface area (Å²) in [5, 5.41) is 19.1. The Hall–Kier alpha value is -9.11. The Morgan fingerprint density at radius 3 is 1.18 bits per heavy atom. The van der Waals surface area contributed by atoms with Gasteiger partial charge in [0.25, 0.3) is 0 Å². The number of hydrogen-bond donors (Lipinski definition) is 0. The van der Waals surface area contributed by atoms with Crippen LogP contribution < -0.4 is 67.1 Å². The zero-order chi connectivity index (χ0) is 51.0. The highest BCUT2D eigenvalue weighted by Gasteiger charge is 2.56. The molecule has 0 atom stereocenters. The monoisotopic (exact) mass is 1030 g/mol. The SMILES string of the molecule is c1ccc([Si](c2ccccc2)(c2ccccc2)c2ccc3c4ccccc4n(-c4ccc5c(c4)[Si](c4ccccc4)(c4ccccc4)c4cccc6c4N5c4ccccc4[Si]6(c4ccccc4)c4ccccc4)c3c2)cc1. The fraction of sp³-hybridized carbons (Fsp3) is 0. The predicted molar refractivity (Wildman–Crippen MR) is 333 cm³/mol. The van der Waals surface area contributed by atoms with E-state index in [2.05, 4.69) is 325 Å². The molecule has 0 radical (unpaired) electrons. The average molecular weight is 1030 g/mol. The van der Waals surface area contributed by atoms with Crippen molar-refractivity contribution in [3.63, 3.8) is 0 Å². The fourth-order valence-corrected chi connectivity index (χ4v) is 29.2. The van der Waals surface area contributed by atoms with Crippen molar-refractivity contribution in [2.24, 2.45) is 0 Å². The van der Waals surface area contributed by atoms with Crippen LogP contribution in [0.4, 0.5) is 17.1 Å². The molecule has 0 N–H and O–H groups in total. The molecule has 0 saturated heterocycles. The number of rotatable bonds is 9. The van der Waals surface area contributed by atoms with Crippen LogP contribution in [0.3, 0.4) is 0 Å². The minimum atomic E-state index is -3.20. The number of anilines is 3. The van der Waals surface area contributed by atoms with Gasteiger partial charge >= 0.3 is 0 Å². The second kappa shape index (κ2) is 18.0. The molecule has 2 nitrogen and oxygen atoms in total. The Bertz CT molecular complexity index is 4140. The van der Waals surface area contributed by atoms with Crippen molar-refractivity contribution in [1.82, 2.24) is 4.57 Å². The van der Waals surface area contributed by atoms with E-state index in [4.69, 9.17) is 0 Å². The van der Waals surface area contributed by atoms with Gasteiger partial charge in [-0.25, -0.2) is 0 Å². The molecule has 0 spiro atoms. The lowest BCUT2D eigenvalue weighted by molar-refractivity contribution is 1.18. The molecule has 0 aliphatic carbocycles. The van der Waals surface area contributed by atoms with Crippen LogP contribution in [-0.4, -0.2) is 28.8 Å². The van der Waals surface area contributed by atoms with Gasteiger partial charge < -0.3 is 9.47 Å². The first kappa shape index (κ1) is 45.3. The molecule has 15 rings (SSSR count). The highest BCUT2D eigenvalue weighted by atomic mass is 28.3. The van der Waals surface area contributed by atoms with E-state index < -0.39 is 24.2 Å². The van der Waals surface area contributed by atoms with Crippen molar-refractivity contribution in [2.45, 2.75) is 0 Å². The molecule has 0 saturated carbocycles. The standard InChI is InChI=1S/C72H52N2Si3/c1-8-27-54(28-9-1)75(55-29-10-2-11-30-55,56-31-12-3-13-32-56)61-48-49-63-62-41-22-23-42-64(62)73(67(63)52-61)53-47-50-66-71(51-53)77(59-37-18-6-19-38-59,60-39-20-7-21-40-60)70-46-26-45-69-72(70)74(66)65-43-24-25-44-68(65)76(69,57-33-14-4-15-34-57)58-35-16-5-17-36-58/h1-52H. The summed E-state index contributed by atoms with van der Waals surface area (Å²) in [6.45, 7) is 0. The normalized spacial score (nSPS) is 13.9. The third kappa shape index (κ3) is 6.45. The molecule has 0 unspecified atom stereocenters. The fourth-order valence-electron chi connectivity index (χ4n) is 14.1. The summed E-state index contributed by atoms with van der Waals surface area (Å²) >= 11 is 0. The molecule has 0 fully saturated rings. The van der Waals surface area contributed by atoms with Crippen LogP contribution in [0.1, 0.15) is 0 Å². The highest BCUT2D eigenvalue weighted by molar-refractivity contribution is 7.25. The van der Waals surface area contributed by atoms with Crippen molar-refractivity contribution in [2.75, 3.05) is 4.90 Å². The van der Waals surface area contributed by atoms with E-state index in [9.17, 15) is 0 Å². The molecular formula is C72H52N2Si3. The summed E-state index contributed by atoms with van der Waals surface area (Å²) in [5.41, 5.74) is 7.41. The van der Waals surface area contributed by atoms with E-state index in [0.29, 0.717) is 0 Å². The lowest BCUT2D eigenvalue weighted by Gasteiger charge is -2.52. The molecule has 362 valence electrons. The first-order valence-corrected chi connectivity index (χ1v) is 32.8. The van der Waals surface area contributed by atoms with Crippen LogP contribution >= 0.6 is 0 Å². The molecule has 0 amide bonds. The second-order valence-electron chi connectivity index (χ2n) is 20.7. The summed E-state index contributed by atoms with van der Waals surface area (Å²) in [5.74, 6) is 0. The summed E-state index contributed by atoms with van der Waals surface area (Å²) in [7, 11) is -9.03. The van der Waals surface area contributed by atoms with E-state index in [-0.39, 0.29) is 0 Å². The van der Waals surface area contributed by atoms with Gasteiger partial charge in [0.2, 0.25) is 0 Å². The van der Waals surface area contributed by atoms with Gasteiger partial charge in [0.05, 0.1) is 11.0 Å². The van der Waals surface area contributed by atoms with Crippen molar-refractivity contribution in [1.29, 1.82) is 0 Å². The topological polar surface area (TPSA) is 8.17 Å². The largest absolute Gasteiger partial charge is 0.311 e. The number of benzene rings is 12. The van der Waals surface area contributed by atoms with Crippen LogP contribution in [0, 0.1) is 0 Å². The van der Waals surface area contributed by atoms with Crippen LogP contribution in [0.15, 0.2) is 315 Å². The zero-order valence-corrected chi connectivity index (χ0v) is 45.4. The van der Waals surface area contributed by atoms with Gasteiger partial charge in [-0.3, -0.25) is 0 Å². The highest BCUT2D eigenvalue weighted by Crippen LogP contribution is 2.42. The minimum Gasteiger partial charge on any atom is -0.311 e. The van der Waals surface area contributed by atoms with Gasteiger partial charge in [-0.15, -0.1) is 0 Å². The van der Waals surface area contributed by atoms with Gasteiger partial charge in [-0.1, -0.05) is 279 Å². The molecule has 2 aliphatic rings. The van der Waals surface area contributed by atoms with Gasteiger partial charge in [-0.05, 0) is 98.6 Å². The lowest BCUT2D eigenvalue weighted by atomic mass is 10.1. The van der Waals surface area contributed by atoms with Crippen molar-refractivity contribution < 1.29 is 0 Å². The summed E-state index contributed by atoms with van der Waals surface area (Å²) in [4.78, 5) is 2.68. The zero-order valence-electron chi connectivity index (χ0n) is 42.4. The molecule has 0 bridgehead atoms. The molecule has 3 heterocycles. The van der Waals surface area contributed by atoms with Gasteiger partial charge in [0, 0.05) is 33.5 Å². The Kier molecular flexibility index (Phi) is 10.6. The van der Waals surface area contributed by atoms with Crippen molar-refractivity contribution >= 4 is 125 Å². The average Bonchev–Trinajstić information content (AvgIpc) is 4.03. The second-order valence-corrected chi connectivity index (χ2v) is 31.9. The van der Waals surface area contributed by atoms with E-state index in [0.717, 1.165) is 5.69 Å². The van der Waals surface area contributed by atoms with Crippen LogP contribution in [0.5, 0.6) is 0 Å². The van der Waals surface area contributed by atoms with Gasteiger partial charge in [-0.2, -0.15) is 0 Å².